The molecule has 1 N–H and O–H groups in total. The molecule has 136 valence electrons. The van der Waals surface area contributed by atoms with Gasteiger partial charge in [-0.05, 0) is 37.8 Å². The number of ether oxygens (including phenoxy) is 2. The second kappa shape index (κ2) is 8.34. The molecule has 6 heteroatoms. The molecule has 2 heterocycles. The lowest BCUT2D eigenvalue weighted by atomic mass is 9.95. The van der Waals surface area contributed by atoms with Crippen molar-refractivity contribution in [1.29, 1.82) is 0 Å². The molecule has 2 aliphatic heterocycles. The summed E-state index contributed by atoms with van der Waals surface area (Å²) in [6, 6.07) is 7.36. The van der Waals surface area contributed by atoms with Crippen LogP contribution in [0.25, 0.3) is 0 Å². The first-order valence-corrected chi connectivity index (χ1v) is 9.03. The van der Waals surface area contributed by atoms with Crippen molar-refractivity contribution in [3.63, 3.8) is 0 Å². The third-order valence-corrected chi connectivity index (χ3v) is 4.97. The summed E-state index contributed by atoms with van der Waals surface area (Å²) in [7, 11) is 1.65. The molecule has 2 amide bonds. The van der Waals surface area contributed by atoms with E-state index in [9.17, 15) is 9.59 Å². The molecule has 2 aliphatic rings. The van der Waals surface area contributed by atoms with Crippen molar-refractivity contribution < 1.29 is 19.1 Å². The number of piperidine rings is 1. The maximum Gasteiger partial charge on any atom is 0.257 e. The first-order valence-electron chi connectivity index (χ1n) is 9.03. The number of amides is 2. The van der Waals surface area contributed by atoms with E-state index in [1.165, 1.54) is 0 Å². The molecule has 1 unspecified atom stereocenters. The molecule has 1 aromatic rings. The predicted molar refractivity (Wildman–Crippen MR) is 93.6 cm³/mol. The molecule has 2 fully saturated rings. The molecule has 0 radical (unpaired) electrons. The number of para-hydroxylation sites is 1. The Labute approximate surface area is 148 Å². The number of nitrogens with one attached hydrogen (secondary N) is 1. The Morgan fingerprint density at radius 1 is 1.24 bits per heavy atom. The number of carbonyl (C=O) groups is 2. The maximum absolute atomic E-state index is 12.9. The fraction of sp³-hybridized carbons (Fsp3) is 0.579. The highest BCUT2D eigenvalue weighted by molar-refractivity contribution is 5.97. The number of benzene rings is 1. The first-order chi connectivity index (χ1) is 12.2. The van der Waals surface area contributed by atoms with E-state index in [2.05, 4.69) is 5.32 Å². The van der Waals surface area contributed by atoms with Crippen LogP contribution in [0.1, 0.15) is 36.0 Å². The molecule has 0 aromatic heterocycles. The fourth-order valence-corrected chi connectivity index (χ4v) is 3.45. The van der Waals surface area contributed by atoms with Crippen molar-refractivity contribution in [3.05, 3.63) is 29.8 Å². The van der Waals surface area contributed by atoms with E-state index in [1.54, 1.807) is 13.1 Å². The van der Waals surface area contributed by atoms with Crippen LogP contribution in [0.4, 0.5) is 0 Å². The molecule has 0 spiro atoms. The topological polar surface area (TPSA) is 67.9 Å². The molecular weight excluding hydrogens is 320 g/mol. The number of hydrogen-bond donors (Lipinski definition) is 1. The van der Waals surface area contributed by atoms with E-state index in [4.69, 9.17) is 9.47 Å². The second-order valence-corrected chi connectivity index (χ2v) is 6.62. The highest BCUT2D eigenvalue weighted by Crippen LogP contribution is 2.25. The molecule has 3 rings (SSSR count). The molecule has 2 saturated heterocycles. The standard InChI is InChI=1S/C19H26N2O4/c1-20-18(22)14-8-10-21(11-9-14)19(23)16-6-2-3-7-17(16)25-13-15-5-4-12-24-15/h2-3,6-7,14-15H,4-5,8-13H2,1H3,(H,20,22). The Hall–Kier alpha value is -2.08. The van der Waals surface area contributed by atoms with Gasteiger partial charge in [0.05, 0.1) is 11.7 Å². The fourth-order valence-electron chi connectivity index (χ4n) is 3.45. The molecule has 1 aromatic carbocycles. The number of rotatable bonds is 5. The zero-order valence-corrected chi connectivity index (χ0v) is 14.7. The quantitative estimate of drug-likeness (QED) is 0.883. The summed E-state index contributed by atoms with van der Waals surface area (Å²) in [4.78, 5) is 26.4. The van der Waals surface area contributed by atoms with Crippen molar-refractivity contribution in [1.82, 2.24) is 10.2 Å². The minimum Gasteiger partial charge on any atom is -0.490 e. The Balaban J connectivity index is 1.61. The molecule has 1 atom stereocenters. The molecule has 0 aliphatic carbocycles. The summed E-state index contributed by atoms with van der Waals surface area (Å²) < 4.78 is 11.5. The minimum atomic E-state index is -0.0294. The lowest BCUT2D eigenvalue weighted by molar-refractivity contribution is -0.125. The Morgan fingerprint density at radius 3 is 2.68 bits per heavy atom. The zero-order valence-electron chi connectivity index (χ0n) is 14.7. The average Bonchev–Trinajstić information content (AvgIpc) is 3.19. The van der Waals surface area contributed by atoms with Gasteiger partial charge in [-0.15, -0.1) is 0 Å². The number of nitrogens with zero attached hydrogens (tertiary/aromatic N) is 1. The van der Waals surface area contributed by atoms with Gasteiger partial charge in [-0.25, -0.2) is 0 Å². The highest BCUT2D eigenvalue weighted by atomic mass is 16.5. The summed E-state index contributed by atoms with van der Waals surface area (Å²) in [5.74, 6) is 0.641. The molecule has 0 bridgehead atoms. The first kappa shape index (κ1) is 17.7. The van der Waals surface area contributed by atoms with Crippen LogP contribution in [-0.2, 0) is 9.53 Å². The van der Waals surface area contributed by atoms with Gasteiger partial charge in [-0.2, -0.15) is 0 Å². The van der Waals surface area contributed by atoms with Crippen molar-refractivity contribution in [2.75, 3.05) is 33.4 Å². The van der Waals surface area contributed by atoms with Crippen LogP contribution in [0.5, 0.6) is 5.75 Å². The van der Waals surface area contributed by atoms with Gasteiger partial charge in [-0.1, -0.05) is 12.1 Å². The van der Waals surface area contributed by atoms with Crippen molar-refractivity contribution in [3.8, 4) is 5.75 Å². The van der Waals surface area contributed by atoms with E-state index < -0.39 is 0 Å². The van der Waals surface area contributed by atoms with E-state index in [0.29, 0.717) is 43.9 Å². The molecular formula is C19H26N2O4. The largest absolute Gasteiger partial charge is 0.490 e. The van der Waals surface area contributed by atoms with Crippen molar-refractivity contribution in [2.45, 2.75) is 31.8 Å². The molecule has 6 nitrogen and oxygen atoms in total. The van der Waals surface area contributed by atoms with Crippen LogP contribution in [0, 0.1) is 5.92 Å². The van der Waals surface area contributed by atoms with E-state index in [1.807, 2.05) is 23.1 Å². The second-order valence-electron chi connectivity index (χ2n) is 6.62. The zero-order chi connectivity index (χ0) is 17.6. The van der Waals surface area contributed by atoms with E-state index in [-0.39, 0.29) is 23.8 Å². The van der Waals surface area contributed by atoms with Gasteiger partial charge in [0.15, 0.2) is 0 Å². The van der Waals surface area contributed by atoms with Crippen LogP contribution in [-0.4, -0.2) is 56.2 Å². The van der Waals surface area contributed by atoms with Gasteiger partial charge in [0.1, 0.15) is 12.4 Å². The van der Waals surface area contributed by atoms with Crippen LogP contribution in [0.3, 0.4) is 0 Å². The van der Waals surface area contributed by atoms with Crippen molar-refractivity contribution >= 4 is 11.8 Å². The highest BCUT2D eigenvalue weighted by Gasteiger charge is 2.28. The summed E-state index contributed by atoms with van der Waals surface area (Å²) >= 11 is 0. The summed E-state index contributed by atoms with van der Waals surface area (Å²) in [6.45, 7) is 2.45. The lowest BCUT2D eigenvalue weighted by Crippen LogP contribution is -2.42. The number of hydrogen-bond acceptors (Lipinski definition) is 4. The number of likely N-dealkylation sites (tertiary alicyclic amines) is 1. The average molecular weight is 346 g/mol. The van der Waals surface area contributed by atoms with Gasteiger partial charge in [0.25, 0.3) is 5.91 Å². The number of carbonyl (C=O) groups excluding carboxylic acids is 2. The Morgan fingerprint density at radius 2 is 2.00 bits per heavy atom. The van der Waals surface area contributed by atoms with Gasteiger partial charge >= 0.3 is 0 Å². The van der Waals surface area contributed by atoms with E-state index >= 15 is 0 Å². The van der Waals surface area contributed by atoms with Crippen LogP contribution < -0.4 is 10.1 Å². The van der Waals surface area contributed by atoms with Gasteiger partial charge in [0, 0.05) is 32.7 Å². The van der Waals surface area contributed by atoms with Crippen LogP contribution in [0.15, 0.2) is 24.3 Å². The SMILES string of the molecule is CNC(=O)C1CCN(C(=O)c2ccccc2OCC2CCCO2)CC1. The smallest absolute Gasteiger partial charge is 0.257 e. The van der Waals surface area contributed by atoms with Gasteiger partial charge in [0.2, 0.25) is 5.91 Å². The maximum atomic E-state index is 12.9. The Bertz CT molecular complexity index is 605. The van der Waals surface area contributed by atoms with Crippen LogP contribution >= 0.6 is 0 Å². The third-order valence-electron chi connectivity index (χ3n) is 4.97. The normalized spacial score (nSPS) is 21.2. The summed E-state index contributed by atoms with van der Waals surface area (Å²) in [5.41, 5.74) is 0.582. The monoisotopic (exact) mass is 346 g/mol. The predicted octanol–water partition coefficient (Wildman–Crippen LogP) is 1.84. The third kappa shape index (κ3) is 4.31. The van der Waals surface area contributed by atoms with Gasteiger partial charge in [-0.3, -0.25) is 9.59 Å². The van der Waals surface area contributed by atoms with Gasteiger partial charge < -0.3 is 19.7 Å². The molecule has 25 heavy (non-hydrogen) atoms. The minimum absolute atomic E-state index is 0.0000547. The lowest BCUT2D eigenvalue weighted by Gasteiger charge is -2.31. The van der Waals surface area contributed by atoms with Crippen LogP contribution in [0.2, 0.25) is 0 Å². The summed E-state index contributed by atoms with van der Waals surface area (Å²) in [6.07, 6.45) is 3.58. The molecule has 0 saturated carbocycles. The van der Waals surface area contributed by atoms with Crippen molar-refractivity contribution in [2.24, 2.45) is 5.92 Å². The summed E-state index contributed by atoms with van der Waals surface area (Å²) in [5, 5.41) is 2.69. The van der Waals surface area contributed by atoms with E-state index in [0.717, 1.165) is 19.4 Å². The Kier molecular flexibility index (Phi) is 5.91.